The Hall–Kier alpha value is -1.70. The summed E-state index contributed by atoms with van der Waals surface area (Å²) in [5.41, 5.74) is 2.66. The van der Waals surface area contributed by atoms with Crippen molar-refractivity contribution >= 4 is 6.08 Å². The minimum atomic E-state index is -0.563. The van der Waals surface area contributed by atoms with Gasteiger partial charge in [0.15, 0.2) is 0 Å². The predicted molar refractivity (Wildman–Crippen MR) is 67.3 cm³/mol. The molecule has 0 amide bonds. The molecule has 1 aromatic rings. The van der Waals surface area contributed by atoms with Crippen LogP contribution in [-0.2, 0) is 0 Å². The molecule has 16 heavy (non-hydrogen) atoms. The largest absolute Gasteiger partial charge is 0.481 e. The normalized spacial score (nSPS) is 11.2. The Morgan fingerprint density at radius 2 is 1.69 bits per heavy atom. The van der Waals surface area contributed by atoms with E-state index in [0.29, 0.717) is 12.0 Å². The molecule has 2 heteroatoms. The second kappa shape index (κ2) is 6.01. The van der Waals surface area contributed by atoms with Crippen LogP contribution in [0, 0.1) is 0 Å². The van der Waals surface area contributed by atoms with Gasteiger partial charge in [-0.05, 0) is 24.0 Å². The van der Waals surface area contributed by atoms with Crippen molar-refractivity contribution in [2.45, 2.75) is 26.7 Å². The summed E-state index contributed by atoms with van der Waals surface area (Å²) in [5.74, 6) is -0.563. The van der Waals surface area contributed by atoms with Crippen LogP contribution in [0.3, 0.4) is 0 Å². The maximum absolute atomic E-state index is 9.19. The van der Waals surface area contributed by atoms with E-state index >= 15 is 0 Å². The number of aliphatic hydroxyl groups excluding tert-OH is 1. The Kier molecular flexibility index (Phi) is 4.65. The van der Waals surface area contributed by atoms with E-state index in [9.17, 15) is 10.2 Å². The third kappa shape index (κ3) is 3.16. The topological polar surface area (TPSA) is 40.5 Å². The van der Waals surface area contributed by atoms with E-state index in [-0.39, 0.29) is 0 Å². The van der Waals surface area contributed by atoms with Crippen LogP contribution in [-0.4, -0.2) is 10.2 Å². The molecule has 0 aromatic heterocycles. The molecule has 0 fully saturated rings. The molecule has 0 spiro atoms. The molecule has 0 aliphatic heterocycles. The number of hydrogen-bond donors (Lipinski definition) is 2. The van der Waals surface area contributed by atoms with E-state index in [0.717, 1.165) is 17.6 Å². The first kappa shape index (κ1) is 12.4. The van der Waals surface area contributed by atoms with Gasteiger partial charge in [0, 0.05) is 5.57 Å². The van der Waals surface area contributed by atoms with Gasteiger partial charge in [0.1, 0.15) is 0 Å². The molecule has 0 aliphatic rings. The van der Waals surface area contributed by atoms with Crippen LogP contribution >= 0.6 is 0 Å². The van der Waals surface area contributed by atoms with Gasteiger partial charge in [-0.2, -0.15) is 0 Å². The van der Waals surface area contributed by atoms with Crippen molar-refractivity contribution in [2.75, 3.05) is 0 Å². The van der Waals surface area contributed by atoms with Crippen LogP contribution in [0.15, 0.2) is 47.4 Å². The summed E-state index contributed by atoms with van der Waals surface area (Å²) in [6.07, 6.45) is 3.39. The molecule has 1 aromatic carbocycles. The highest BCUT2D eigenvalue weighted by Gasteiger charge is 2.07. The van der Waals surface area contributed by atoms with Crippen LogP contribution in [0.25, 0.3) is 6.08 Å². The van der Waals surface area contributed by atoms with E-state index in [1.807, 2.05) is 50.3 Å². The number of rotatable bonds is 4. The SMILES string of the molecule is CCC(=Cc1ccccc1)C(CC)=C(O)O. The Balaban J connectivity index is 3.08. The summed E-state index contributed by atoms with van der Waals surface area (Å²) in [7, 11) is 0. The summed E-state index contributed by atoms with van der Waals surface area (Å²) < 4.78 is 0. The fourth-order valence-electron chi connectivity index (χ4n) is 1.68. The number of allylic oxidation sites excluding steroid dienone is 2. The fraction of sp³-hybridized carbons (Fsp3) is 0.286. The second-order valence-electron chi connectivity index (χ2n) is 3.59. The van der Waals surface area contributed by atoms with Gasteiger partial charge < -0.3 is 10.2 Å². The Labute approximate surface area is 96.6 Å². The summed E-state index contributed by atoms with van der Waals surface area (Å²) in [6, 6.07) is 9.89. The van der Waals surface area contributed by atoms with E-state index < -0.39 is 5.95 Å². The lowest BCUT2D eigenvalue weighted by molar-refractivity contribution is 0.184. The Morgan fingerprint density at radius 3 is 2.12 bits per heavy atom. The van der Waals surface area contributed by atoms with Crippen molar-refractivity contribution in [1.82, 2.24) is 0 Å². The smallest absolute Gasteiger partial charge is 0.277 e. The lowest BCUT2D eigenvalue weighted by Gasteiger charge is -2.08. The van der Waals surface area contributed by atoms with Gasteiger partial charge in [0.2, 0.25) is 0 Å². The first-order valence-corrected chi connectivity index (χ1v) is 5.56. The van der Waals surface area contributed by atoms with E-state index in [2.05, 4.69) is 0 Å². The zero-order chi connectivity index (χ0) is 12.0. The minimum absolute atomic E-state index is 0.563. The van der Waals surface area contributed by atoms with Gasteiger partial charge in [-0.15, -0.1) is 0 Å². The van der Waals surface area contributed by atoms with Gasteiger partial charge in [0.25, 0.3) is 5.95 Å². The lowest BCUT2D eigenvalue weighted by atomic mass is 9.99. The van der Waals surface area contributed by atoms with Crippen LogP contribution < -0.4 is 0 Å². The van der Waals surface area contributed by atoms with Crippen molar-refractivity contribution in [2.24, 2.45) is 0 Å². The third-order valence-electron chi connectivity index (χ3n) is 2.53. The van der Waals surface area contributed by atoms with E-state index in [4.69, 9.17) is 0 Å². The van der Waals surface area contributed by atoms with Crippen molar-refractivity contribution in [3.8, 4) is 0 Å². The fourth-order valence-corrected chi connectivity index (χ4v) is 1.68. The minimum Gasteiger partial charge on any atom is -0.481 e. The molecular formula is C14H18O2. The summed E-state index contributed by atoms with van der Waals surface area (Å²) in [5, 5.41) is 18.4. The number of aliphatic hydroxyl groups is 2. The second-order valence-corrected chi connectivity index (χ2v) is 3.59. The maximum atomic E-state index is 9.19. The molecule has 0 unspecified atom stereocenters. The highest BCUT2D eigenvalue weighted by atomic mass is 16.5. The summed E-state index contributed by atoms with van der Waals surface area (Å²) in [6.45, 7) is 3.92. The first-order valence-electron chi connectivity index (χ1n) is 5.56. The highest BCUT2D eigenvalue weighted by Crippen LogP contribution is 2.22. The molecule has 0 atom stereocenters. The van der Waals surface area contributed by atoms with Crippen molar-refractivity contribution < 1.29 is 10.2 Å². The molecule has 0 saturated carbocycles. The first-order chi connectivity index (χ1) is 7.69. The van der Waals surface area contributed by atoms with Crippen molar-refractivity contribution in [3.05, 3.63) is 53.0 Å². The monoisotopic (exact) mass is 218 g/mol. The van der Waals surface area contributed by atoms with E-state index in [1.165, 1.54) is 0 Å². The van der Waals surface area contributed by atoms with Crippen molar-refractivity contribution in [3.63, 3.8) is 0 Å². The lowest BCUT2D eigenvalue weighted by Crippen LogP contribution is -1.94. The summed E-state index contributed by atoms with van der Waals surface area (Å²) in [4.78, 5) is 0. The Bertz CT molecular complexity index is 384. The van der Waals surface area contributed by atoms with Gasteiger partial charge in [-0.1, -0.05) is 50.3 Å². The summed E-state index contributed by atoms with van der Waals surface area (Å²) >= 11 is 0. The Morgan fingerprint density at radius 1 is 1.06 bits per heavy atom. The van der Waals surface area contributed by atoms with Gasteiger partial charge in [-0.25, -0.2) is 0 Å². The molecule has 0 aliphatic carbocycles. The molecule has 1 rings (SSSR count). The van der Waals surface area contributed by atoms with Gasteiger partial charge in [0.05, 0.1) is 0 Å². The van der Waals surface area contributed by atoms with E-state index in [1.54, 1.807) is 0 Å². The van der Waals surface area contributed by atoms with Gasteiger partial charge >= 0.3 is 0 Å². The van der Waals surface area contributed by atoms with Crippen LogP contribution in [0.2, 0.25) is 0 Å². The van der Waals surface area contributed by atoms with Gasteiger partial charge in [-0.3, -0.25) is 0 Å². The molecule has 0 bridgehead atoms. The maximum Gasteiger partial charge on any atom is 0.277 e. The molecule has 86 valence electrons. The molecule has 0 heterocycles. The zero-order valence-electron chi connectivity index (χ0n) is 9.77. The molecular weight excluding hydrogens is 200 g/mol. The van der Waals surface area contributed by atoms with Crippen LogP contribution in [0.1, 0.15) is 32.3 Å². The molecule has 2 N–H and O–H groups in total. The third-order valence-corrected chi connectivity index (χ3v) is 2.53. The highest BCUT2D eigenvalue weighted by molar-refractivity contribution is 5.58. The van der Waals surface area contributed by atoms with Crippen LogP contribution in [0.4, 0.5) is 0 Å². The number of hydrogen-bond acceptors (Lipinski definition) is 2. The van der Waals surface area contributed by atoms with Crippen molar-refractivity contribution in [1.29, 1.82) is 0 Å². The zero-order valence-corrected chi connectivity index (χ0v) is 9.77. The quantitative estimate of drug-likeness (QED) is 0.586. The standard InChI is InChI=1S/C14H18O2/c1-3-12(13(4-2)14(15)16)10-11-8-6-5-7-9-11/h5-10,15-16H,3-4H2,1-2H3. The molecule has 2 nitrogen and oxygen atoms in total. The molecule has 0 radical (unpaired) electrons. The molecule has 0 saturated heterocycles. The average Bonchev–Trinajstić information content (AvgIpc) is 2.29. The predicted octanol–water partition coefficient (Wildman–Crippen LogP) is 4.22. The number of benzene rings is 1. The van der Waals surface area contributed by atoms with Crippen LogP contribution in [0.5, 0.6) is 0 Å². The average molecular weight is 218 g/mol.